The van der Waals surface area contributed by atoms with Gasteiger partial charge in [0.25, 0.3) is 0 Å². The van der Waals surface area contributed by atoms with E-state index in [9.17, 15) is 13.2 Å². The zero-order valence-electron chi connectivity index (χ0n) is 10.9. The lowest BCUT2D eigenvalue weighted by molar-refractivity contribution is -0.122. The van der Waals surface area contributed by atoms with Crippen molar-refractivity contribution in [1.82, 2.24) is 5.32 Å². The Morgan fingerprint density at radius 1 is 1.50 bits per heavy atom. The van der Waals surface area contributed by atoms with Crippen LogP contribution in [0.15, 0.2) is 0 Å². The molecule has 0 aromatic heterocycles. The third-order valence-electron chi connectivity index (χ3n) is 3.42. The predicted octanol–water partition coefficient (Wildman–Crippen LogP) is 0.150. The van der Waals surface area contributed by atoms with Gasteiger partial charge in [0.15, 0.2) is 0 Å². The van der Waals surface area contributed by atoms with E-state index in [0.29, 0.717) is 6.54 Å². The zero-order valence-corrected chi connectivity index (χ0v) is 12.6. The summed E-state index contributed by atoms with van der Waals surface area (Å²) < 4.78 is 22.1. The molecule has 1 aliphatic carbocycles. The quantitative estimate of drug-likeness (QED) is 0.698. The minimum Gasteiger partial charge on any atom is -0.353 e. The summed E-state index contributed by atoms with van der Waals surface area (Å²) in [6, 6.07) is -0.737. The van der Waals surface area contributed by atoms with Gasteiger partial charge in [-0.25, -0.2) is 8.42 Å². The van der Waals surface area contributed by atoms with Crippen LogP contribution in [0.1, 0.15) is 25.7 Å². The van der Waals surface area contributed by atoms with Gasteiger partial charge in [0.05, 0.1) is 11.8 Å². The van der Waals surface area contributed by atoms with E-state index >= 15 is 0 Å². The minimum atomic E-state index is -3.06. The van der Waals surface area contributed by atoms with Crippen LogP contribution in [-0.2, 0) is 14.6 Å². The van der Waals surface area contributed by atoms with Crippen molar-refractivity contribution in [2.24, 2.45) is 5.73 Å². The molecule has 1 atom stereocenters. The first kappa shape index (κ1) is 15.8. The summed E-state index contributed by atoms with van der Waals surface area (Å²) in [5.74, 6) is -0.297. The first-order valence-corrected chi connectivity index (χ1v) is 9.33. The van der Waals surface area contributed by atoms with Gasteiger partial charge >= 0.3 is 0 Å². The second-order valence-corrected chi connectivity index (χ2v) is 8.52. The summed E-state index contributed by atoms with van der Waals surface area (Å²) >= 11 is 1.78. The Bertz CT molecular complexity index is 386. The van der Waals surface area contributed by atoms with Crippen LogP contribution in [-0.4, -0.2) is 49.9 Å². The van der Waals surface area contributed by atoms with Crippen LogP contribution in [0, 0.1) is 0 Å². The summed E-state index contributed by atoms with van der Waals surface area (Å²) in [7, 11) is -3.06. The fourth-order valence-corrected chi connectivity index (χ4v) is 3.47. The first-order valence-electron chi connectivity index (χ1n) is 6.04. The molecule has 1 rings (SSSR count). The molecule has 1 amide bonds. The molecule has 0 spiro atoms. The minimum absolute atomic E-state index is 0.0464. The van der Waals surface area contributed by atoms with Gasteiger partial charge in [0.1, 0.15) is 9.84 Å². The number of carbonyl (C=O) groups is 1. The van der Waals surface area contributed by atoms with Gasteiger partial charge in [-0.2, -0.15) is 11.8 Å². The van der Waals surface area contributed by atoms with Crippen molar-refractivity contribution >= 4 is 27.5 Å². The molecule has 0 bridgehead atoms. The standard InChI is InChI=1S/C11H22N2O3S2/c1-17-11(5-3-6-11)8-13-10(14)9(12)4-7-18(2,15)16/h9H,3-8,12H2,1-2H3,(H,13,14). The molecule has 1 unspecified atom stereocenters. The summed E-state index contributed by atoms with van der Waals surface area (Å²) in [5, 5.41) is 2.83. The molecule has 18 heavy (non-hydrogen) atoms. The average Bonchev–Trinajstić information content (AvgIpc) is 2.23. The number of thioether (sulfide) groups is 1. The fraction of sp³-hybridized carbons (Fsp3) is 0.909. The highest BCUT2D eigenvalue weighted by Crippen LogP contribution is 2.42. The molecule has 3 N–H and O–H groups in total. The molecular weight excluding hydrogens is 272 g/mol. The van der Waals surface area contributed by atoms with Crippen LogP contribution in [0.25, 0.3) is 0 Å². The van der Waals surface area contributed by atoms with Crippen LogP contribution >= 0.6 is 11.8 Å². The number of rotatable bonds is 7. The maximum Gasteiger partial charge on any atom is 0.236 e. The lowest BCUT2D eigenvalue weighted by Crippen LogP contribution is -2.49. The third kappa shape index (κ3) is 4.78. The van der Waals surface area contributed by atoms with Crippen molar-refractivity contribution in [1.29, 1.82) is 0 Å². The maximum absolute atomic E-state index is 11.7. The van der Waals surface area contributed by atoms with Crippen molar-refractivity contribution in [3.05, 3.63) is 0 Å². The Labute approximate surface area is 113 Å². The lowest BCUT2D eigenvalue weighted by atomic mass is 9.84. The SMILES string of the molecule is CSC1(CNC(=O)C(N)CCS(C)(=O)=O)CCC1. The number of nitrogens with two attached hydrogens (primary N) is 1. The monoisotopic (exact) mass is 294 g/mol. The Morgan fingerprint density at radius 3 is 2.50 bits per heavy atom. The molecule has 1 fully saturated rings. The van der Waals surface area contributed by atoms with E-state index in [1.165, 1.54) is 6.42 Å². The van der Waals surface area contributed by atoms with Gasteiger partial charge in [-0.15, -0.1) is 0 Å². The van der Waals surface area contributed by atoms with Gasteiger partial charge < -0.3 is 11.1 Å². The zero-order chi connectivity index (χ0) is 13.8. The number of amides is 1. The highest BCUT2D eigenvalue weighted by atomic mass is 32.2. The van der Waals surface area contributed by atoms with Gasteiger partial charge in [0, 0.05) is 17.5 Å². The van der Waals surface area contributed by atoms with Crippen LogP contribution in [0.3, 0.4) is 0 Å². The molecular formula is C11H22N2O3S2. The van der Waals surface area contributed by atoms with Crippen LogP contribution in [0.5, 0.6) is 0 Å². The van der Waals surface area contributed by atoms with Crippen LogP contribution in [0.4, 0.5) is 0 Å². The van der Waals surface area contributed by atoms with Crippen molar-refractivity contribution < 1.29 is 13.2 Å². The predicted molar refractivity (Wildman–Crippen MR) is 75.4 cm³/mol. The van der Waals surface area contributed by atoms with Gasteiger partial charge in [-0.1, -0.05) is 6.42 Å². The van der Waals surface area contributed by atoms with Crippen molar-refractivity contribution in [3.63, 3.8) is 0 Å². The summed E-state index contributed by atoms with van der Waals surface area (Å²) in [5.41, 5.74) is 5.67. The molecule has 0 saturated heterocycles. The van der Waals surface area contributed by atoms with Crippen molar-refractivity contribution in [3.8, 4) is 0 Å². The fourth-order valence-electron chi connectivity index (χ4n) is 1.88. The average molecular weight is 294 g/mol. The van der Waals surface area contributed by atoms with E-state index in [1.54, 1.807) is 11.8 Å². The first-order chi connectivity index (χ1) is 8.28. The molecule has 0 radical (unpaired) electrons. The Balaban J connectivity index is 2.31. The molecule has 1 saturated carbocycles. The summed E-state index contributed by atoms with van der Waals surface area (Å²) in [6.45, 7) is 0.625. The molecule has 0 aliphatic heterocycles. The molecule has 5 nitrogen and oxygen atoms in total. The van der Waals surface area contributed by atoms with Crippen LogP contribution < -0.4 is 11.1 Å². The molecule has 7 heteroatoms. The molecule has 106 valence electrons. The Hall–Kier alpha value is -0.270. The molecule has 1 aliphatic rings. The maximum atomic E-state index is 11.7. The Morgan fingerprint density at radius 2 is 2.11 bits per heavy atom. The second-order valence-electron chi connectivity index (χ2n) is 4.98. The summed E-state index contributed by atoms with van der Waals surface area (Å²) in [4.78, 5) is 11.7. The third-order valence-corrected chi connectivity index (χ3v) is 5.81. The number of sulfone groups is 1. The number of hydrogen-bond donors (Lipinski definition) is 2. The number of hydrogen-bond acceptors (Lipinski definition) is 5. The molecule has 0 aromatic carbocycles. The molecule has 0 aromatic rings. The topological polar surface area (TPSA) is 89.3 Å². The van der Waals surface area contributed by atoms with Gasteiger partial charge in [0.2, 0.25) is 5.91 Å². The smallest absolute Gasteiger partial charge is 0.236 e. The summed E-state index contributed by atoms with van der Waals surface area (Å²) in [6.07, 6.45) is 6.82. The van der Waals surface area contributed by atoms with E-state index in [2.05, 4.69) is 11.6 Å². The van der Waals surface area contributed by atoms with E-state index in [4.69, 9.17) is 5.73 Å². The van der Waals surface area contributed by atoms with E-state index in [-0.39, 0.29) is 22.8 Å². The number of carbonyl (C=O) groups excluding carboxylic acids is 1. The van der Waals surface area contributed by atoms with Crippen LogP contribution in [0.2, 0.25) is 0 Å². The lowest BCUT2D eigenvalue weighted by Gasteiger charge is -2.40. The van der Waals surface area contributed by atoms with Gasteiger partial charge in [-0.05, 0) is 25.5 Å². The van der Waals surface area contributed by atoms with E-state index < -0.39 is 15.9 Å². The van der Waals surface area contributed by atoms with Gasteiger partial charge in [-0.3, -0.25) is 4.79 Å². The normalized spacial score (nSPS) is 19.9. The number of nitrogens with one attached hydrogen (secondary N) is 1. The van der Waals surface area contributed by atoms with E-state index in [0.717, 1.165) is 19.1 Å². The Kier molecular flexibility index (Phi) is 5.48. The van der Waals surface area contributed by atoms with Crippen molar-refractivity contribution in [2.45, 2.75) is 36.5 Å². The van der Waals surface area contributed by atoms with E-state index in [1.807, 2.05) is 0 Å². The highest BCUT2D eigenvalue weighted by Gasteiger charge is 2.36. The highest BCUT2D eigenvalue weighted by molar-refractivity contribution is 8.00. The second kappa shape index (κ2) is 6.25. The molecule has 0 heterocycles. The largest absolute Gasteiger partial charge is 0.353 e. The van der Waals surface area contributed by atoms with Crippen molar-refractivity contribution in [2.75, 3.05) is 24.8 Å².